The van der Waals surface area contributed by atoms with Crippen molar-refractivity contribution >= 4 is 16.8 Å². The van der Waals surface area contributed by atoms with Gasteiger partial charge < -0.3 is 0 Å². The first-order valence-corrected chi connectivity index (χ1v) is 4.47. The Balaban J connectivity index is 3.61. The highest BCUT2D eigenvalue weighted by Gasteiger charge is 2.36. The van der Waals surface area contributed by atoms with Crippen LogP contribution in [-0.4, -0.2) is 5.24 Å². The molecule has 0 bridgehead atoms. The molecule has 84 valence electrons. The number of rotatable bonds is 1. The van der Waals surface area contributed by atoms with E-state index in [1.165, 1.54) is 13.0 Å². The van der Waals surface area contributed by atoms with Gasteiger partial charge in [0.1, 0.15) is 0 Å². The maximum Gasteiger partial charge on any atom is 0.417 e. The summed E-state index contributed by atoms with van der Waals surface area (Å²) in [5.41, 5.74) is -1.91. The van der Waals surface area contributed by atoms with E-state index in [0.29, 0.717) is 6.07 Å². The van der Waals surface area contributed by atoms with Gasteiger partial charge in [0.25, 0.3) is 5.24 Å². The number of halogens is 4. The largest absolute Gasteiger partial charge is 0.417 e. The van der Waals surface area contributed by atoms with Gasteiger partial charge in [0.05, 0.1) is 17.2 Å². The van der Waals surface area contributed by atoms with Crippen molar-refractivity contribution < 1.29 is 18.0 Å². The lowest BCUT2D eigenvalue weighted by molar-refractivity contribution is -0.137. The molecule has 0 N–H and O–H groups in total. The Hall–Kier alpha value is -1.54. The molecule has 0 atom stereocenters. The van der Waals surface area contributed by atoms with Crippen LogP contribution in [0.4, 0.5) is 13.2 Å². The molecule has 2 nitrogen and oxygen atoms in total. The van der Waals surface area contributed by atoms with Crippen LogP contribution >= 0.6 is 11.6 Å². The van der Waals surface area contributed by atoms with Gasteiger partial charge in [-0.1, -0.05) is 0 Å². The van der Waals surface area contributed by atoms with Crippen molar-refractivity contribution in [2.24, 2.45) is 0 Å². The lowest BCUT2D eigenvalue weighted by Gasteiger charge is -2.12. The van der Waals surface area contributed by atoms with Crippen LogP contribution in [0.1, 0.15) is 27.0 Å². The molecule has 0 aliphatic carbocycles. The molecule has 0 saturated carbocycles. The Morgan fingerprint density at radius 1 is 1.44 bits per heavy atom. The number of alkyl halides is 3. The molecular weight excluding hydrogens is 243 g/mol. The molecular formula is C10H5ClF3NO. The summed E-state index contributed by atoms with van der Waals surface area (Å²) < 4.78 is 37.8. The van der Waals surface area contributed by atoms with Crippen LogP contribution in [-0.2, 0) is 6.18 Å². The van der Waals surface area contributed by atoms with Crippen molar-refractivity contribution in [3.63, 3.8) is 0 Å². The highest BCUT2D eigenvalue weighted by Crippen LogP contribution is 2.34. The molecule has 6 heteroatoms. The van der Waals surface area contributed by atoms with Crippen LogP contribution in [0.15, 0.2) is 12.1 Å². The predicted molar refractivity (Wildman–Crippen MR) is 51.1 cm³/mol. The Kier molecular flexibility index (Phi) is 3.24. The summed E-state index contributed by atoms with van der Waals surface area (Å²) in [6.07, 6.45) is -4.71. The van der Waals surface area contributed by atoms with Gasteiger partial charge in [0.2, 0.25) is 0 Å². The third-order valence-electron chi connectivity index (χ3n) is 1.97. The van der Waals surface area contributed by atoms with E-state index in [9.17, 15) is 18.0 Å². The van der Waals surface area contributed by atoms with Crippen molar-refractivity contribution in [1.29, 1.82) is 5.26 Å². The van der Waals surface area contributed by atoms with E-state index in [2.05, 4.69) is 0 Å². The number of hydrogen-bond donors (Lipinski definition) is 0. The Bertz CT molecular complexity index is 488. The lowest BCUT2D eigenvalue weighted by atomic mass is 9.99. The first kappa shape index (κ1) is 12.5. The standard InChI is InChI=1S/C10H5ClF3NO/c1-5-2-6(4-15)3-7(10(12,13)14)8(5)9(11)16/h2-3H,1H3. The van der Waals surface area contributed by atoms with Crippen LogP contribution in [0.25, 0.3) is 0 Å². The fraction of sp³-hybridized carbons (Fsp3) is 0.200. The van der Waals surface area contributed by atoms with Gasteiger partial charge in [-0.3, -0.25) is 4.79 Å². The van der Waals surface area contributed by atoms with Gasteiger partial charge in [-0.15, -0.1) is 0 Å². The van der Waals surface area contributed by atoms with Crippen molar-refractivity contribution in [3.8, 4) is 6.07 Å². The van der Waals surface area contributed by atoms with Crippen LogP contribution < -0.4 is 0 Å². The summed E-state index contributed by atoms with van der Waals surface area (Å²) >= 11 is 5.09. The van der Waals surface area contributed by atoms with Crippen LogP contribution in [0.3, 0.4) is 0 Å². The highest BCUT2D eigenvalue weighted by atomic mass is 35.5. The van der Waals surface area contributed by atoms with E-state index in [-0.39, 0.29) is 11.1 Å². The Morgan fingerprint density at radius 2 is 2.00 bits per heavy atom. The molecule has 1 aromatic rings. The summed E-state index contributed by atoms with van der Waals surface area (Å²) in [7, 11) is 0. The second-order valence-electron chi connectivity index (χ2n) is 3.10. The number of nitrogens with zero attached hydrogens (tertiary/aromatic N) is 1. The first-order chi connectivity index (χ1) is 7.27. The third kappa shape index (κ3) is 2.34. The predicted octanol–water partition coefficient (Wildman–Crippen LogP) is 3.26. The minimum absolute atomic E-state index is 0.0337. The maximum atomic E-state index is 12.6. The van der Waals surface area contributed by atoms with E-state index in [0.717, 1.165) is 0 Å². The van der Waals surface area contributed by atoms with E-state index in [4.69, 9.17) is 16.9 Å². The zero-order valence-electron chi connectivity index (χ0n) is 8.02. The van der Waals surface area contributed by atoms with E-state index in [1.807, 2.05) is 0 Å². The average molecular weight is 248 g/mol. The maximum absolute atomic E-state index is 12.6. The highest BCUT2D eigenvalue weighted by molar-refractivity contribution is 6.68. The van der Waals surface area contributed by atoms with Crippen LogP contribution in [0.5, 0.6) is 0 Å². The Morgan fingerprint density at radius 3 is 2.38 bits per heavy atom. The van der Waals surface area contributed by atoms with Gasteiger partial charge in [-0.25, -0.2) is 0 Å². The molecule has 0 aromatic heterocycles. The summed E-state index contributed by atoms with van der Waals surface area (Å²) in [6, 6.07) is 3.39. The topological polar surface area (TPSA) is 40.9 Å². The third-order valence-corrected chi connectivity index (χ3v) is 2.16. The minimum Gasteiger partial charge on any atom is -0.276 e. The summed E-state index contributed by atoms with van der Waals surface area (Å²) in [4.78, 5) is 10.9. The van der Waals surface area contributed by atoms with Gasteiger partial charge in [0.15, 0.2) is 0 Å². The molecule has 0 amide bonds. The molecule has 0 spiro atoms. The molecule has 16 heavy (non-hydrogen) atoms. The molecule has 1 rings (SSSR count). The summed E-state index contributed by atoms with van der Waals surface area (Å²) in [5.74, 6) is 0. The SMILES string of the molecule is Cc1cc(C#N)cc(C(F)(F)F)c1C(=O)Cl. The molecule has 0 heterocycles. The second-order valence-corrected chi connectivity index (χ2v) is 3.44. The minimum atomic E-state index is -4.71. The fourth-order valence-electron chi connectivity index (χ4n) is 1.34. The average Bonchev–Trinajstić information content (AvgIpc) is 2.14. The number of carbonyl (C=O) groups is 1. The number of carbonyl (C=O) groups excluding carboxylic acids is 1. The number of aryl methyl sites for hydroxylation is 1. The number of benzene rings is 1. The zero-order valence-corrected chi connectivity index (χ0v) is 8.78. The number of hydrogen-bond acceptors (Lipinski definition) is 2. The van der Waals surface area contributed by atoms with Crippen molar-refractivity contribution in [2.45, 2.75) is 13.1 Å². The molecule has 0 unspecified atom stereocenters. The van der Waals surface area contributed by atoms with Crippen LogP contribution in [0.2, 0.25) is 0 Å². The Labute approximate surface area is 94.2 Å². The molecule has 1 aromatic carbocycles. The van der Waals surface area contributed by atoms with E-state index < -0.39 is 22.5 Å². The van der Waals surface area contributed by atoms with Crippen molar-refractivity contribution in [3.05, 3.63) is 34.4 Å². The quantitative estimate of drug-likeness (QED) is 0.715. The lowest BCUT2D eigenvalue weighted by Crippen LogP contribution is -2.13. The fourth-order valence-corrected chi connectivity index (χ4v) is 1.59. The van der Waals surface area contributed by atoms with E-state index in [1.54, 1.807) is 6.07 Å². The molecule has 0 aliphatic heterocycles. The first-order valence-electron chi connectivity index (χ1n) is 4.09. The molecule has 0 saturated heterocycles. The molecule has 0 radical (unpaired) electrons. The van der Waals surface area contributed by atoms with Crippen molar-refractivity contribution in [1.82, 2.24) is 0 Å². The van der Waals surface area contributed by atoms with Crippen molar-refractivity contribution in [2.75, 3.05) is 0 Å². The smallest absolute Gasteiger partial charge is 0.276 e. The van der Waals surface area contributed by atoms with Crippen LogP contribution in [0, 0.1) is 18.3 Å². The monoisotopic (exact) mass is 247 g/mol. The van der Waals surface area contributed by atoms with E-state index >= 15 is 0 Å². The zero-order chi connectivity index (χ0) is 12.5. The van der Waals surface area contributed by atoms with Gasteiger partial charge in [-0.2, -0.15) is 18.4 Å². The second kappa shape index (κ2) is 4.14. The van der Waals surface area contributed by atoms with Gasteiger partial charge >= 0.3 is 6.18 Å². The van der Waals surface area contributed by atoms with Gasteiger partial charge in [-0.05, 0) is 36.2 Å². The summed E-state index contributed by atoms with van der Waals surface area (Å²) in [5, 5.41) is 7.36. The summed E-state index contributed by atoms with van der Waals surface area (Å²) in [6.45, 7) is 1.30. The molecule has 0 aliphatic rings. The number of nitriles is 1. The normalized spacial score (nSPS) is 11.0. The molecule has 0 fully saturated rings. The van der Waals surface area contributed by atoms with Gasteiger partial charge in [0, 0.05) is 5.56 Å².